The van der Waals surface area contributed by atoms with Gasteiger partial charge in [0.1, 0.15) is 16.2 Å². The molecule has 6 nitrogen and oxygen atoms in total. The number of rotatable bonds is 5. The second kappa shape index (κ2) is 8.80. The van der Waals surface area contributed by atoms with Crippen molar-refractivity contribution in [2.45, 2.75) is 69.2 Å². The maximum atomic E-state index is 12.6. The van der Waals surface area contributed by atoms with Crippen LogP contribution in [0.4, 0.5) is 0 Å². The van der Waals surface area contributed by atoms with Gasteiger partial charge in [-0.05, 0) is 78.9 Å². The summed E-state index contributed by atoms with van der Waals surface area (Å²) >= 11 is 3.23. The maximum absolute atomic E-state index is 12.6. The first-order chi connectivity index (χ1) is 15.1. The van der Waals surface area contributed by atoms with Gasteiger partial charge in [-0.25, -0.2) is 13.1 Å². The number of benzene rings is 2. The van der Waals surface area contributed by atoms with Gasteiger partial charge in [0.2, 0.25) is 5.91 Å². The smallest absolute Gasteiger partial charge is 0.265 e. The molecule has 1 fully saturated rings. The molecule has 0 bridgehead atoms. The fourth-order valence-electron chi connectivity index (χ4n) is 4.65. The van der Waals surface area contributed by atoms with Crippen LogP contribution in [0.3, 0.4) is 0 Å². The highest BCUT2D eigenvalue weighted by atomic mass is 79.9. The van der Waals surface area contributed by atoms with E-state index in [0.717, 1.165) is 24.2 Å². The van der Waals surface area contributed by atoms with Gasteiger partial charge >= 0.3 is 0 Å². The molecule has 2 aliphatic heterocycles. The molecule has 0 aliphatic carbocycles. The molecule has 8 heteroatoms. The van der Waals surface area contributed by atoms with Crippen LogP contribution in [0.2, 0.25) is 0 Å². The van der Waals surface area contributed by atoms with Gasteiger partial charge in [-0.1, -0.05) is 25.1 Å². The van der Waals surface area contributed by atoms with Crippen LogP contribution in [0, 0.1) is 5.92 Å². The van der Waals surface area contributed by atoms with Gasteiger partial charge in [-0.3, -0.25) is 4.79 Å². The lowest BCUT2D eigenvalue weighted by Gasteiger charge is -2.48. The van der Waals surface area contributed by atoms with Crippen LogP contribution >= 0.6 is 15.9 Å². The molecular formula is C24H28BrNO5S. The molecule has 2 heterocycles. The van der Waals surface area contributed by atoms with Gasteiger partial charge in [0.15, 0.2) is 0 Å². The molecule has 2 aromatic carbocycles. The standard InChI is InChI=1S/C24H28BrNO5S/c1-4-15-9-12-20-17(13-15)23-18(24(2,3)31-20)11-10-16(30-23)14-22(27)26-32(28,29)21-8-6-5-7-19(21)25/h5-9,12-13,16,18,23H,4,10-11,14H2,1-3H3,(H,26,27)/t16-,18+,23-/m1/s1. The number of nitrogens with one attached hydrogen (secondary N) is 1. The first kappa shape index (κ1) is 23.3. The minimum absolute atomic E-state index is 0.0169. The monoisotopic (exact) mass is 521 g/mol. The number of aryl methyl sites for hydroxylation is 1. The van der Waals surface area contributed by atoms with E-state index >= 15 is 0 Å². The summed E-state index contributed by atoms with van der Waals surface area (Å²) in [5, 5.41) is 0. The molecule has 1 N–H and O–H groups in total. The Kier molecular flexibility index (Phi) is 6.40. The zero-order valence-electron chi connectivity index (χ0n) is 18.4. The summed E-state index contributed by atoms with van der Waals surface area (Å²) in [7, 11) is -3.96. The van der Waals surface area contributed by atoms with Crippen LogP contribution in [0.15, 0.2) is 51.8 Å². The molecule has 4 rings (SSSR count). The zero-order valence-corrected chi connectivity index (χ0v) is 20.8. The maximum Gasteiger partial charge on any atom is 0.265 e. The van der Waals surface area contributed by atoms with E-state index in [0.29, 0.717) is 10.9 Å². The predicted molar refractivity (Wildman–Crippen MR) is 125 cm³/mol. The summed E-state index contributed by atoms with van der Waals surface area (Å²) in [4.78, 5) is 12.7. The van der Waals surface area contributed by atoms with Crippen molar-refractivity contribution in [1.29, 1.82) is 0 Å². The van der Waals surface area contributed by atoms with Crippen LogP contribution in [-0.2, 0) is 26.0 Å². The number of ether oxygens (including phenoxy) is 2. The number of fused-ring (bicyclic) bond motifs is 3. The summed E-state index contributed by atoms with van der Waals surface area (Å²) in [6, 6.07) is 12.6. The van der Waals surface area contributed by atoms with Gasteiger partial charge in [-0.2, -0.15) is 0 Å². The second-order valence-corrected chi connectivity index (χ2v) is 11.5. The van der Waals surface area contributed by atoms with Gasteiger partial charge in [0, 0.05) is 16.0 Å². The summed E-state index contributed by atoms with van der Waals surface area (Å²) in [5.74, 6) is 0.401. The topological polar surface area (TPSA) is 81.7 Å². The van der Waals surface area contributed by atoms with Crippen molar-refractivity contribution >= 4 is 31.9 Å². The molecule has 1 saturated heterocycles. The Morgan fingerprint density at radius 1 is 1.19 bits per heavy atom. The fraction of sp³-hybridized carbons (Fsp3) is 0.458. The minimum atomic E-state index is -3.96. The van der Waals surface area contributed by atoms with Crippen LogP contribution in [-0.4, -0.2) is 26.0 Å². The number of sulfonamides is 1. The first-order valence-corrected chi connectivity index (χ1v) is 13.2. The quantitative estimate of drug-likeness (QED) is 0.604. The van der Waals surface area contributed by atoms with Gasteiger partial charge in [0.05, 0.1) is 18.6 Å². The molecule has 0 spiro atoms. The third-order valence-electron chi connectivity index (χ3n) is 6.35. The summed E-state index contributed by atoms with van der Waals surface area (Å²) in [6.45, 7) is 6.25. The molecule has 0 unspecified atom stereocenters. The Balaban J connectivity index is 1.50. The van der Waals surface area contributed by atoms with Crippen molar-refractivity contribution in [1.82, 2.24) is 4.72 Å². The van der Waals surface area contributed by atoms with E-state index < -0.39 is 15.9 Å². The summed E-state index contributed by atoms with van der Waals surface area (Å²) in [5.41, 5.74) is 1.83. The molecule has 2 aromatic rings. The third kappa shape index (κ3) is 4.58. The Hall–Kier alpha value is -1.90. The Bertz CT molecular complexity index is 1130. The lowest BCUT2D eigenvalue weighted by molar-refractivity contribution is -0.155. The van der Waals surface area contributed by atoms with E-state index in [4.69, 9.17) is 9.47 Å². The third-order valence-corrected chi connectivity index (χ3v) is 8.73. The number of halogens is 1. The highest BCUT2D eigenvalue weighted by Crippen LogP contribution is 2.51. The second-order valence-electron chi connectivity index (χ2n) is 8.96. The number of amides is 1. The first-order valence-electron chi connectivity index (χ1n) is 10.9. The fourth-order valence-corrected chi connectivity index (χ4v) is 6.65. The molecule has 0 saturated carbocycles. The highest BCUT2D eigenvalue weighted by molar-refractivity contribution is 9.10. The number of hydrogen-bond acceptors (Lipinski definition) is 5. The SMILES string of the molecule is CCc1ccc2c(c1)[C@H]1O[C@@H](CC(=O)NS(=O)(=O)c3ccccc3Br)CC[C@@H]1C(C)(C)O2. The van der Waals surface area contributed by atoms with E-state index in [1.165, 1.54) is 11.6 Å². The van der Waals surface area contributed by atoms with Crippen molar-refractivity contribution < 1.29 is 22.7 Å². The van der Waals surface area contributed by atoms with E-state index in [1.54, 1.807) is 18.2 Å². The number of hydrogen-bond donors (Lipinski definition) is 1. The van der Waals surface area contributed by atoms with E-state index in [-0.39, 0.29) is 35.0 Å². The molecule has 3 atom stereocenters. The summed E-state index contributed by atoms with van der Waals surface area (Å²) < 4.78 is 40.6. The van der Waals surface area contributed by atoms with Crippen molar-refractivity contribution in [2.75, 3.05) is 0 Å². The van der Waals surface area contributed by atoms with Crippen LogP contribution in [0.5, 0.6) is 5.75 Å². The molecule has 0 aromatic heterocycles. The van der Waals surface area contributed by atoms with Gasteiger partial charge in [-0.15, -0.1) is 0 Å². The minimum Gasteiger partial charge on any atom is -0.487 e. The number of carbonyl (C=O) groups is 1. The molecule has 0 radical (unpaired) electrons. The predicted octanol–water partition coefficient (Wildman–Crippen LogP) is 4.91. The Labute approximate surface area is 197 Å². The molecule has 172 valence electrons. The molecular weight excluding hydrogens is 494 g/mol. The highest BCUT2D eigenvalue weighted by Gasteiger charge is 2.47. The Morgan fingerprint density at radius 2 is 1.94 bits per heavy atom. The number of carbonyl (C=O) groups excluding carboxylic acids is 1. The zero-order chi connectivity index (χ0) is 23.1. The lowest BCUT2D eigenvalue weighted by atomic mass is 9.74. The van der Waals surface area contributed by atoms with Crippen molar-refractivity contribution in [3.05, 3.63) is 58.1 Å². The van der Waals surface area contributed by atoms with Gasteiger partial charge < -0.3 is 9.47 Å². The van der Waals surface area contributed by atoms with Gasteiger partial charge in [0.25, 0.3) is 10.0 Å². The Morgan fingerprint density at radius 3 is 2.66 bits per heavy atom. The largest absolute Gasteiger partial charge is 0.487 e. The van der Waals surface area contributed by atoms with E-state index in [1.807, 2.05) is 6.07 Å². The average molecular weight is 522 g/mol. The van der Waals surface area contributed by atoms with Crippen molar-refractivity contribution in [3.8, 4) is 5.75 Å². The molecule has 2 aliphatic rings. The van der Waals surface area contributed by atoms with Crippen LogP contribution in [0.25, 0.3) is 0 Å². The lowest BCUT2D eigenvalue weighted by Crippen LogP contribution is -2.49. The normalized spacial score (nSPS) is 24.1. The average Bonchev–Trinajstić information content (AvgIpc) is 2.73. The van der Waals surface area contributed by atoms with E-state index in [2.05, 4.69) is 53.6 Å². The van der Waals surface area contributed by atoms with Crippen LogP contribution < -0.4 is 9.46 Å². The van der Waals surface area contributed by atoms with Crippen molar-refractivity contribution in [2.24, 2.45) is 5.92 Å². The molecule has 32 heavy (non-hydrogen) atoms. The summed E-state index contributed by atoms with van der Waals surface area (Å²) in [6.07, 6.45) is 1.84. The van der Waals surface area contributed by atoms with E-state index in [9.17, 15) is 13.2 Å². The van der Waals surface area contributed by atoms with Crippen LogP contribution in [0.1, 0.15) is 57.3 Å². The molecule has 1 amide bonds. The van der Waals surface area contributed by atoms with Crippen molar-refractivity contribution in [3.63, 3.8) is 0 Å².